The van der Waals surface area contributed by atoms with Crippen LogP contribution in [0.1, 0.15) is 44.6 Å². The Morgan fingerprint density at radius 1 is 1.32 bits per heavy atom. The second kappa shape index (κ2) is 6.17. The summed E-state index contributed by atoms with van der Waals surface area (Å²) in [7, 11) is 0. The molecule has 0 spiro atoms. The van der Waals surface area contributed by atoms with E-state index in [9.17, 15) is 4.79 Å². The molecular formula is C16H21N5O. The molecule has 0 bridgehead atoms. The van der Waals surface area contributed by atoms with E-state index in [0.717, 1.165) is 30.9 Å². The molecule has 1 fully saturated rings. The van der Waals surface area contributed by atoms with Crippen molar-refractivity contribution in [2.24, 2.45) is 0 Å². The van der Waals surface area contributed by atoms with E-state index < -0.39 is 0 Å². The predicted molar refractivity (Wildman–Crippen MR) is 84.5 cm³/mol. The summed E-state index contributed by atoms with van der Waals surface area (Å²) < 4.78 is 2.04. The second-order valence-electron chi connectivity index (χ2n) is 5.84. The maximum atomic E-state index is 12.6. The molecule has 1 N–H and O–H groups in total. The normalized spacial score (nSPS) is 18.0. The highest BCUT2D eigenvalue weighted by Gasteiger charge is 2.33. The van der Waals surface area contributed by atoms with Gasteiger partial charge < -0.3 is 14.8 Å². The highest BCUT2D eigenvalue weighted by molar-refractivity contribution is 5.89. The van der Waals surface area contributed by atoms with Crippen LogP contribution >= 0.6 is 0 Å². The van der Waals surface area contributed by atoms with Crippen molar-refractivity contribution >= 4 is 11.7 Å². The van der Waals surface area contributed by atoms with Crippen LogP contribution in [0.15, 0.2) is 36.7 Å². The van der Waals surface area contributed by atoms with Crippen LogP contribution in [-0.4, -0.2) is 32.2 Å². The number of benzene rings is 1. The van der Waals surface area contributed by atoms with Gasteiger partial charge in [0.15, 0.2) is 5.82 Å². The van der Waals surface area contributed by atoms with E-state index in [2.05, 4.69) is 29.4 Å². The molecule has 1 aliphatic rings. The second-order valence-corrected chi connectivity index (χ2v) is 5.84. The summed E-state index contributed by atoms with van der Waals surface area (Å²) in [5, 5.41) is 11.2. The first kappa shape index (κ1) is 14.6. The lowest BCUT2D eigenvalue weighted by Gasteiger charge is -2.25. The molecule has 1 unspecified atom stereocenters. The van der Waals surface area contributed by atoms with Gasteiger partial charge in [0.05, 0.1) is 6.04 Å². The van der Waals surface area contributed by atoms with E-state index >= 15 is 0 Å². The van der Waals surface area contributed by atoms with Crippen molar-refractivity contribution < 1.29 is 4.79 Å². The van der Waals surface area contributed by atoms with Crippen LogP contribution in [0.5, 0.6) is 0 Å². The number of aromatic nitrogens is 3. The average molecular weight is 299 g/mol. The van der Waals surface area contributed by atoms with Crippen LogP contribution in [0.2, 0.25) is 0 Å². The van der Waals surface area contributed by atoms with E-state index in [0.29, 0.717) is 0 Å². The van der Waals surface area contributed by atoms with Crippen LogP contribution < -0.4 is 5.32 Å². The summed E-state index contributed by atoms with van der Waals surface area (Å²) in [6.45, 7) is 4.93. The van der Waals surface area contributed by atoms with Crippen molar-refractivity contribution in [3.8, 4) is 0 Å². The maximum absolute atomic E-state index is 12.6. The summed E-state index contributed by atoms with van der Waals surface area (Å²) >= 11 is 0. The van der Waals surface area contributed by atoms with Gasteiger partial charge in [0.1, 0.15) is 6.33 Å². The number of carbonyl (C=O) groups excluding carboxylic acids is 1. The summed E-state index contributed by atoms with van der Waals surface area (Å²) in [4.78, 5) is 14.4. The smallest absolute Gasteiger partial charge is 0.314 e. The number of urea groups is 1. The fraction of sp³-hybridized carbons (Fsp3) is 0.438. The molecule has 6 heteroatoms. The first-order chi connectivity index (χ1) is 10.7. The quantitative estimate of drug-likeness (QED) is 0.946. The van der Waals surface area contributed by atoms with E-state index in [1.807, 2.05) is 39.8 Å². The Morgan fingerprint density at radius 3 is 2.82 bits per heavy atom. The zero-order valence-electron chi connectivity index (χ0n) is 12.9. The molecule has 1 atom stereocenters. The van der Waals surface area contributed by atoms with Crippen LogP contribution in [-0.2, 0) is 0 Å². The molecule has 0 aliphatic carbocycles. The van der Waals surface area contributed by atoms with Crippen molar-refractivity contribution in [2.75, 3.05) is 11.9 Å². The minimum absolute atomic E-state index is 0.00591. The average Bonchev–Trinajstić information content (AvgIpc) is 3.16. The standard InChI is InChI=1S/C16H21N5O/c1-12(2)21-11-17-19-15(21)14-9-6-10-20(14)16(22)18-13-7-4-3-5-8-13/h3-5,7-8,11-12,14H,6,9-10H2,1-2H3,(H,18,22). The Balaban J connectivity index is 1.78. The zero-order chi connectivity index (χ0) is 15.5. The largest absolute Gasteiger partial charge is 0.322 e. The first-order valence-corrected chi connectivity index (χ1v) is 7.69. The van der Waals surface area contributed by atoms with Crippen LogP contribution in [0.25, 0.3) is 0 Å². The van der Waals surface area contributed by atoms with E-state index in [1.54, 1.807) is 6.33 Å². The fourth-order valence-electron chi connectivity index (χ4n) is 2.88. The number of anilines is 1. The monoisotopic (exact) mass is 299 g/mol. The molecule has 2 amide bonds. The Bertz CT molecular complexity index is 637. The van der Waals surface area contributed by atoms with Gasteiger partial charge in [-0.25, -0.2) is 4.79 Å². The third kappa shape index (κ3) is 2.81. The minimum atomic E-state index is -0.0768. The number of para-hydroxylation sites is 1. The van der Waals surface area contributed by atoms with Gasteiger partial charge in [0, 0.05) is 18.3 Å². The zero-order valence-corrected chi connectivity index (χ0v) is 12.9. The number of amides is 2. The van der Waals surface area contributed by atoms with Crippen LogP contribution in [0.4, 0.5) is 10.5 Å². The fourth-order valence-corrected chi connectivity index (χ4v) is 2.88. The molecule has 22 heavy (non-hydrogen) atoms. The van der Waals surface area contributed by atoms with Gasteiger partial charge >= 0.3 is 6.03 Å². The van der Waals surface area contributed by atoms with Crippen molar-refractivity contribution in [3.63, 3.8) is 0 Å². The molecule has 1 aromatic carbocycles. The van der Waals surface area contributed by atoms with E-state index in [1.165, 1.54) is 0 Å². The van der Waals surface area contributed by atoms with Crippen LogP contribution in [0.3, 0.4) is 0 Å². The summed E-state index contributed by atoms with van der Waals surface area (Å²) in [6.07, 6.45) is 3.65. The number of rotatable bonds is 3. The minimum Gasteiger partial charge on any atom is -0.314 e. The van der Waals surface area contributed by atoms with Gasteiger partial charge in [-0.05, 0) is 38.8 Å². The summed E-state index contributed by atoms with van der Waals surface area (Å²) in [5.41, 5.74) is 0.809. The Kier molecular flexibility index (Phi) is 4.09. The number of nitrogens with zero attached hydrogens (tertiary/aromatic N) is 4. The third-order valence-corrected chi connectivity index (χ3v) is 3.99. The van der Waals surface area contributed by atoms with Crippen LogP contribution in [0, 0.1) is 0 Å². The SMILES string of the molecule is CC(C)n1cnnc1C1CCCN1C(=O)Nc1ccccc1. The van der Waals surface area contributed by atoms with Gasteiger partial charge in [-0.2, -0.15) is 0 Å². The van der Waals surface area contributed by atoms with Gasteiger partial charge in [0.2, 0.25) is 0 Å². The van der Waals surface area contributed by atoms with Gasteiger partial charge in [0.25, 0.3) is 0 Å². The van der Waals surface area contributed by atoms with Gasteiger partial charge in [-0.1, -0.05) is 18.2 Å². The molecule has 6 nitrogen and oxygen atoms in total. The highest BCUT2D eigenvalue weighted by atomic mass is 16.2. The summed E-state index contributed by atoms with van der Waals surface area (Å²) in [5.74, 6) is 0.871. The lowest BCUT2D eigenvalue weighted by atomic mass is 10.2. The number of carbonyl (C=O) groups is 1. The predicted octanol–water partition coefficient (Wildman–Crippen LogP) is 3.23. The molecule has 0 saturated carbocycles. The van der Waals surface area contributed by atoms with E-state index in [-0.39, 0.29) is 18.1 Å². The molecule has 1 aliphatic heterocycles. The molecule has 2 heterocycles. The molecule has 3 rings (SSSR count). The Labute approximate surface area is 130 Å². The lowest BCUT2D eigenvalue weighted by Crippen LogP contribution is -2.35. The molecule has 0 radical (unpaired) electrons. The lowest BCUT2D eigenvalue weighted by molar-refractivity contribution is 0.203. The topological polar surface area (TPSA) is 63.1 Å². The Morgan fingerprint density at radius 2 is 2.09 bits per heavy atom. The maximum Gasteiger partial charge on any atom is 0.322 e. The van der Waals surface area contributed by atoms with Gasteiger partial charge in [-0.3, -0.25) is 0 Å². The first-order valence-electron chi connectivity index (χ1n) is 7.69. The third-order valence-electron chi connectivity index (χ3n) is 3.99. The number of hydrogen-bond acceptors (Lipinski definition) is 3. The van der Waals surface area contributed by atoms with Crippen molar-refractivity contribution in [3.05, 3.63) is 42.5 Å². The highest BCUT2D eigenvalue weighted by Crippen LogP contribution is 2.32. The van der Waals surface area contributed by atoms with E-state index in [4.69, 9.17) is 0 Å². The number of hydrogen-bond donors (Lipinski definition) is 1. The van der Waals surface area contributed by atoms with Crippen molar-refractivity contribution in [1.29, 1.82) is 0 Å². The molecule has 1 aromatic heterocycles. The number of nitrogens with one attached hydrogen (secondary N) is 1. The molecule has 1 saturated heterocycles. The Hall–Kier alpha value is -2.37. The van der Waals surface area contributed by atoms with Crippen molar-refractivity contribution in [1.82, 2.24) is 19.7 Å². The number of likely N-dealkylation sites (tertiary alicyclic amines) is 1. The molecular weight excluding hydrogens is 278 g/mol. The summed E-state index contributed by atoms with van der Waals surface area (Å²) in [6, 6.07) is 9.72. The van der Waals surface area contributed by atoms with Gasteiger partial charge in [-0.15, -0.1) is 10.2 Å². The molecule has 116 valence electrons. The van der Waals surface area contributed by atoms with Crippen molar-refractivity contribution in [2.45, 2.75) is 38.8 Å². The molecule has 2 aromatic rings.